The quantitative estimate of drug-likeness (QED) is 0.460. The fourth-order valence-corrected chi connectivity index (χ4v) is 3.33. The molecule has 7 heteroatoms. The van der Waals surface area contributed by atoms with Crippen LogP contribution in [0, 0.1) is 0 Å². The molecule has 0 saturated carbocycles. The van der Waals surface area contributed by atoms with Crippen molar-refractivity contribution < 1.29 is 19.5 Å². The first-order chi connectivity index (χ1) is 13.4. The zero-order valence-corrected chi connectivity index (χ0v) is 15.9. The van der Waals surface area contributed by atoms with Crippen LogP contribution in [0.3, 0.4) is 0 Å². The number of hydrogen-bond acceptors (Lipinski definition) is 4. The number of rotatable bonds is 5. The van der Waals surface area contributed by atoms with E-state index in [4.69, 9.17) is 11.6 Å². The van der Waals surface area contributed by atoms with Gasteiger partial charge in [-0.05, 0) is 29.8 Å². The summed E-state index contributed by atoms with van der Waals surface area (Å²) in [6.07, 6.45) is 0. The number of halogens is 1. The van der Waals surface area contributed by atoms with Crippen LogP contribution in [0.4, 0.5) is 0 Å². The van der Waals surface area contributed by atoms with Crippen LogP contribution in [-0.4, -0.2) is 40.7 Å². The Kier molecular flexibility index (Phi) is 5.80. The van der Waals surface area contributed by atoms with Gasteiger partial charge < -0.3 is 15.3 Å². The molecule has 0 spiro atoms. The molecule has 1 fully saturated rings. The first-order valence-corrected chi connectivity index (χ1v) is 9.11. The summed E-state index contributed by atoms with van der Waals surface area (Å²) in [5, 5.41) is 13.9. The normalized spacial score (nSPS) is 18.4. The third-order valence-electron chi connectivity index (χ3n) is 4.50. The molecule has 1 unspecified atom stereocenters. The lowest BCUT2D eigenvalue weighted by Gasteiger charge is -2.25. The number of nitrogens with one attached hydrogen (secondary N) is 1. The number of likely N-dealkylation sites (tertiary alicyclic amines) is 1. The monoisotopic (exact) mass is 398 g/mol. The van der Waals surface area contributed by atoms with Crippen molar-refractivity contribution in [3.05, 3.63) is 76.3 Å². The second-order valence-corrected chi connectivity index (χ2v) is 6.83. The standard InChI is InChI=1S/C21H19ClN2O4/c1-13(25)23-11-12-24-18(14-5-3-2-4-6-14)17(20(27)21(24)28)19(26)15-7-9-16(22)10-8-15/h2-10,18,26H,11-12H2,1H3,(H,23,25)/b19-17+. The van der Waals surface area contributed by atoms with E-state index in [-0.39, 0.29) is 30.3 Å². The Bertz CT molecular complexity index is 939. The van der Waals surface area contributed by atoms with E-state index in [1.807, 2.05) is 6.07 Å². The van der Waals surface area contributed by atoms with E-state index in [0.717, 1.165) is 0 Å². The van der Waals surface area contributed by atoms with Gasteiger partial charge in [-0.2, -0.15) is 0 Å². The van der Waals surface area contributed by atoms with Crippen molar-refractivity contribution in [1.29, 1.82) is 0 Å². The molecule has 1 saturated heterocycles. The smallest absolute Gasteiger partial charge is 0.295 e. The summed E-state index contributed by atoms with van der Waals surface area (Å²) < 4.78 is 0. The lowest BCUT2D eigenvalue weighted by molar-refractivity contribution is -0.139. The molecule has 0 aliphatic carbocycles. The van der Waals surface area contributed by atoms with Crippen LogP contribution in [0.2, 0.25) is 5.02 Å². The Morgan fingerprint density at radius 1 is 1.11 bits per heavy atom. The molecule has 1 atom stereocenters. The molecule has 2 aromatic carbocycles. The summed E-state index contributed by atoms with van der Waals surface area (Å²) in [7, 11) is 0. The van der Waals surface area contributed by atoms with Gasteiger partial charge in [-0.1, -0.05) is 41.9 Å². The van der Waals surface area contributed by atoms with Crippen LogP contribution in [0.25, 0.3) is 5.76 Å². The molecule has 0 aromatic heterocycles. The number of aliphatic hydroxyl groups is 1. The van der Waals surface area contributed by atoms with Gasteiger partial charge in [-0.3, -0.25) is 14.4 Å². The maximum absolute atomic E-state index is 12.8. The van der Waals surface area contributed by atoms with Crippen molar-refractivity contribution in [2.24, 2.45) is 0 Å². The third kappa shape index (κ3) is 3.92. The van der Waals surface area contributed by atoms with Gasteiger partial charge in [0, 0.05) is 30.6 Å². The minimum atomic E-state index is -0.760. The number of aliphatic hydroxyl groups excluding tert-OH is 1. The van der Waals surface area contributed by atoms with Gasteiger partial charge in [-0.25, -0.2) is 0 Å². The highest BCUT2D eigenvalue weighted by Gasteiger charge is 2.45. The molecule has 1 heterocycles. The number of carbonyl (C=O) groups excluding carboxylic acids is 3. The molecular weight excluding hydrogens is 380 g/mol. The zero-order chi connectivity index (χ0) is 20.3. The number of ketones is 1. The molecule has 3 rings (SSSR count). The van der Waals surface area contributed by atoms with Crippen LogP contribution in [0.1, 0.15) is 24.1 Å². The number of carbonyl (C=O) groups is 3. The van der Waals surface area contributed by atoms with E-state index in [9.17, 15) is 19.5 Å². The fraction of sp³-hybridized carbons (Fsp3) is 0.190. The van der Waals surface area contributed by atoms with Crippen LogP contribution in [0.5, 0.6) is 0 Å². The molecule has 144 valence electrons. The molecule has 0 radical (unpaired) electrons. The maximum atomic E-state index is 12.8. The van der Waals surface area contributed by atoms with Crippen molar-refractivity contribution in [1.82, 2.24) is 10.2 Å². The van der Waals surface area contributed by atoms with Crippen LogP contribution < -0.4 is 5.32 Å². The zero-order valence-electron chi connectivity index (χ0n) is 15.2. The van der Waals surface area contributed by atoms with Crippen molar-refractivity contribution >= 4 is 35.0 Å². The number of Topliss-reactive ketones (excluding diaryl/α,β-unsaturated/α-hetero) is 1. The fourth-order valence-electron chi connectivity index (χ4n) is 3.21. The molecular formula is C21H19ClN2O4. The molecule has 6 nitrogen and oxygen atoms in total. The highest BCUT2D eigenvalue weighted by molar-refractivity contribution is 6.46. The van der Waals surface area contributed by atoms with E-state index in [2.05, 4.69) is 5.32 Å². The second kappa shape index (κ2) is 8.27. The summed E-state index contributed by atoms with van der Waals surface area (Å²) >= 11 is 5.90. The molecule has 0 bridgehead atoms. The summed E-state index contributed by atoms with van der Waals surface area (Å²) in [6.45, 7) is 1.72. The number of benzene rings is 2. The summed E-state index contributed by atoms with van der Waals surface area (Å²) in [5.41, 5.74) is 1.10. The van der Waals surface area contributed by atoms with Crippen LogP contribution in [0.15, 0.2) is 60.2 Å². The molecule has 2 aromatic rings. The largest absolute Gasteiger partial charge is 0.507 e. The summed E-state index contributed by atoms with van der Waals surface area (Å²) in [4.78, 5) is 37.9. The predicted octanol–water partition coefficient (Wildman–Crippen LogP) is 2.90. The van der Waals surface area contributed by atoms with Crippen LogP contribution in [-0.2, 0) is 14.4 Å². The topological polar surface area (TPSA) is 86.7 Å². The van der Waals surface area contributed by atoms with Gasteiger partial charge in [0.2, 0.25) is 5.91 Å². The Hall–Kier alpha value is -3.12. The molecule has 2 amide bonds. The average Bonchev–Trinajstić information content (AvgIpc) is 2.93. The minimum Gasteiger partial charge on any atom is -0.507 e. The van der Waals surface area contributed by atoms with E-state index >= 15 is 0 Å². The first kappa shape index (κ1) is 19.6. The molecule has 2 N–H and O–H groups in total. The lowest BCUT2D eigenvalue weighted by atomic mass is 9.95. The van der Waals surface area contributed by atoms with Gasteiger partial charge in [0.05, 0.1) is 11.6 Å². The molecule has 28 heavy (non-hydrogen) atoms. The van der Waals surface area contributed by atoms with Gasteiger partial charge >= 0.3 is 0 Å². The Balaban J connectivity index is 2.07. The number of hydrogen-bond donors (Lipinski definition) is 2. The van der Waals surface area contributed by atoms with E-state index < -0.39 is 17.7 Å². The SMILES string of the molecule is CC(=O)NCCN1C(=O)C(=O)/C(=C(/O)c2ccc(Cl)cc2)C1c1ccccc1. The van der Waals surface area contributed by atoms with Crippen molar-refractivity contribution in [3.8, 4) is 0 Å². The van der Waals surface area contributed by atoms with Gasteiger partial charge in [-0.15, -0.1) is 0 Å². The summed E-state index contributed by atoms with van der Waals surface area (Å²) in [5.74, 6) is -1.96. The molecule has 1 aliphatic heterocycles. The van der Waals surface area contributed by atoms with E-state index in [0.29, 0.717) is 16.1 Å². The van der Waals surface area contributed by atoms with Gasteiger partial charge in [0.1, 0.15) is 5.76 Å². The Morgan fingerprint density at radius 3 is 2.36 bits per heavy atom. The van der Waals surface area contributed by atoms with Crippen molar-refractivity contribution in [3.63, 3.8) is 0 Å². The summed E-state index contributed by atoms with van der Waals surface area (Å²) in [6, 6.07) is 14.6. The molecule has 1 aliphatic rings. The lowest BCUT2D eigenvalue weighted by Crippen LogP contribution is -2.37. The highest BCUT2D eigenvalue weighted by Crippen LogP contribution is 2.39. The predicted molar refractivity (Wildman–Crippen MR) is 106 cm³/mol. The maximum Gasteiger partial charge on any atom is 0.295 e. The van der Waals surface area contributed by atoms with Crippen LogP contribution >= 0.6 is 11.6 Å². The van der Waals surface area contributed by atoms with Crippen molar-refractivity contribution in [2.45, 2.75) is 13.0 Å². The minimum absolute atomic E-state index is 0.0151. The van der Waals surface area contributed by atoms with E-state index in [1.165, 1.54) is 11.8 Å². The van der Waals surface area contributed by atoms with E-state index in [1.54, 1.807) is 48.5 Å². The average molecular weight is 399 g/mol. The first-order valence-electron chi connectivity index (χ1n) is 8.74. The third-order valence-corrected chi connectivity index (χ3v) is 4.75. The Labute approximate surface area is 167 Å². The van der Waals surface area contributed by atoms with Gasteiger partial charge in [0.25, 0.3) is 11.7 Å². The second-order valence-electron chi connectivity index (χ2n) is 6.39. The van der Waals surface area contributed by atoms with Gasteiger partial charge in [0.15, 0.2) is 0 Å². The van der Waals surface area contributed by atoms with Crippen molar-refractivity contribution in [2.75, 3.05) is 13.1 Å². The Morgan fingerprint density at radius 2 is 1.75 bits per heavy atom. The number of amides is 2. The highest BCUT2D eigenvalue weighted by atomic mass is 35.5. The number of nitrogens with zero attached hydrogens (tertiary/aromatic N) is 1.